The molecule has 70 valence electrons. The molecule has 1 aromatic heterocycles. The van der Waals surface area contributed by atoms with Crippen LogP contribution in [0.4, 0.5) is 11.5 Å². The molecule has 6 heteroatoms. The minimum Gasteiger partial charge on any atom is -0.396 e. The Morgan fingerprint density at radius 1 is 1.69 bits per heavy atom. The predicted molar refractivity (Wildman–Crippen MR) is 46.1 cm³/mol. The Bertz CT molecular complexity index is 327. The fourth-order valence-corrected chi connectivity index (χ4v) is 1.05. The zero-order valence-corrected chi connectivity index (χ0v) is 6.80. The smallest absolute Gasteiger partial charge is 0.314 e. The van der Waals surface area contributed by atoms with Gasteiger partial charge in [-0.15, -0.1) is 0 Å². The molecule has 0 unspecified atom stereocenters. The Morgan fingerprint density at radius 3 is 2.92 bits per heavy atom. The van der Waals surface area contributed by atoms with E-state index in [0.29, 0.717) is 5.56 Å². The highest BCUT2D eigenvalue weighted by Gasteiger charge is 2.17. The first-order valence-corrected chi connectivity index (χ1v) is 3.65. The number of anilines is 1. The summed E-state index contributed by atoms with van der Waals surface area (Å²) in [7, 11) is 0. The lowest BCUT2D eigenvalue weighted by Crippen LogP contribution is -2.03. The first-order valence-electron chi connectivity index (χ1n) is 3.65. The van der Waals surface area contributed by atoms with Gasteiger partial charge in [-0.05, 0) is 6.07 Å². The van der Waals surface area contributed by atoms with E-state index in [4.69, 9.17) is 10.8 Å². The zero-order valence-electron chi connectivity index (χ0n) is 6.80. The molecule has 0 aromatic carbocycles. The molecular weight excluding hydrogens is 174 g/mol. The van der Waals surface area contributed by atoms with Crippen molar-refractivity contribution >= 4 is 11.5 Å². The van der Waals surface area contributed by atoms with Crippen LogP contribution in [0.1, 0.15) is 5.56 Å². The van der Waals surface area contributed by atoms with Crippen molar-refractivity contribution in [3.05, 3.63) is 27.9 Å². The van der Waals surface area contributed by atoms with Crippen LogP contribution in [0, 0.1) is 10.1 Å². The maximum atomic E-state index is 10.5. The van der Waals surface area contributed by atoms with Crippen LogP contribution in [-0.4, -0.2) is 21.6 Å². The van der Waals surface area contributed by atoms with E-state index in [9.17, 15) is 10.1 Å². The minimum atomic E-state index is -0.590. The normalized spacial score (nSPS) is 9.92. The van der Waals surface area contributed by atoms with E-state index in [1.165, 1.54) is 12.3 Å². The van der Waals surface area contributed by atoms with Gasteiger partial charge in [0.25, 0.3) is 0 Å². The largest absolute Gasteiger partial charge is 0.396 e. The molecule has 0 atom stereocenters. The second-order valence-electron chi connectivity index (χ2n) is 2.43. The Hall–Kier alpha value is -1.69. The average molecular weight is 183 g/mol. The lowest BCUT2D eigenvalue weighted by atomic mass is 10.1. The molecule has 0 spiro atoms. The highest BCUT2D eigenvalue weighted by atomic mass is 16.6. The third-order valence-electron chi connectivity index (χ3n) is 1.60. The average Bonchev–Trinajstić information content (AvgIpc) is 2.04. The van der Waals surface area contributed by atoms with Crippen LogP contribution in [0.3, 0.4) is 0 Å². The quantitative estimate of drug-likeness (QED) is 0.511. The molecule has 0 aliphatic rings. The summed E-state index contributed by atoms with van der Waals surface area (Å²) in [6.45, 7) is -0.149. The van der Waals surface area contributed by atoms with Gasteiger partial charge >= 0.3 is 5.69 Å². The van der Waals surface area contributed by atoms with Crippen molar-refractivity contribution in [2.45, 2.75) is 6.42 Å². The zero-order chi connectivity index (χ0) is 9.84. The fourth-order valence-electron chi connectivity index (χ4n) is 1.05. The molecule has 0 radical (unpaired) electrons. The van der Waals surface area contributed by atoms with E-state index >= 15 is 0 Å². The van der Waals surface area contributed by atoms with E-state index in [-0.39, 0.29) is 24.5 Å². The van der Waals surface area contributed by atoms with Gasteiger partial charge in [0.05, 0.1) is 4.92 Å². The summed E-state index contributed by atoms with van der Waals surface area (Å²) in [6, 6.07) is 1.48. The van der Waals surface area contributed by atoms with Crippen LogP contribution >= 0.6 is 0 Å². The molecule has 0 saturated heterocycles. The first kappa shape index (κ1) is 9.40. The van der Waals surface area contributed by atoms with Crippen LogP contribution in [0.2, 0.25) is 0 Å². The molecule has 0 bridgehead atoms. The second-order valence-corrected chi connectivity index (χ2v) is 2.43. The standard InChI is InChI=1S/C7H9N3O3/c8-7-6(10(12)13)5(2-4-11)1-3-9-7/h1,3,11H,2,4H2,(H2,8,9). The third-order valence-corrected chi connectivity index (χ3v) is 1.60. The summed E-state index contributed by atoms with van der Waals surface area (Å²) in [5.41, 5.74) is 5.51. The SMILES string of the molecule is Nc1nccc(CCO)c1[N+](=O)[O-]. The van der Waals surface area contributed by atoms with Crippen molar-refractivity contribution in [3.8, 4) is 0 Å². The fraction of sp³-hybridized carbons (Fsp3) is 0.286. The summed E-state index contributed by atoms with van der Waals surface area (Å²) in [5, 5.41) is 19.2. The van der Waals surface area contributed by atoms with Crippen molar-refractivity contribution < 1.29 is 10.0 Å². The summed E-state index contributed by atoms with van der Waals surface area (Å²) in [5.74, 6) is -0.115. The molecule has 6 nitrogen and oxygen atoms in total. The number of rotatable bonds is 3. The van der Waals surface area contributed by atoms with E-state index in [1.54, 1.807) is 0 Å². The van der Waals surface area contributed by atoms with Gasteiger partial charge < -0.3 is 10.8 Å². The van der Waals surface area contributed by atoms with Crippen molar-refractivity contribution in [1.29, 1.82) is 0 Å². The monoisotopic (exact) mass is 183 g/mol. The number of nitrogens with two attached hydrogens (primary N) is 1. The molecular formula is C7H9N3O3. The van der Waals surface area contributed by atoms with Gasteiger partial charge in [0, 0.05) is 24.8 Å². The molecule has 3 N–H and O–H groups in total. The molecule has 0 aliphatic carbocycles. The number of nitrogen functional groups attached to an aromatic ring is 1. The van der Waals surface area contributed by atoms with Crippen molar-refractivity contribution in [2.24, 2.45) is 0 Å². The highest BCUT2D eigenvalue weighted by molar-refractivity contribution is 5.57. The van der Waals surface area contributed by atoms with Gasteiger partial charge in [-0.3, -0.25) is 10.1 Å². The molecule has 0 aliphatic heterocycles. The Labute approximate surface area is 74.2 Å². The summed E-state index contributed by atoms with van der Waals surface area (Å²) >= 11 is 0. The maximum Gasteiger partial charge on any atom is 0.314 e. The van der Waals surface area contributed by atoms with Gasteiger partial charge in [0.1, 0.15) is 0 Å². The second kappa shape index (κ2) is 3.81. The molecule has 1 heterocycles. The van der Waals surface area contributed by atoms with Crippen molar-refractivity contribution in [2.75, 3.05) is 12.3 Å². The molecule has 13 heavy (non-hydrogen) atoms. The molecule has 0 amide bonds. The topological polar surface area (TPSA) is 102 Å². The van der Waals surface area contributed by atoms with Crippen LogP contribution in [0.15, 0.2) is 12.3 Å². The number of nitrogens with zero attached hydrogens (tertiary/aromatic N) is 2. The van der Waals surface area contributed by atoms with Crippen molar-refractivity contribution in [3.63, 3.8) is 0 Å². The summed E-state index contributed by atoms with van der Waals surface area (Å²) < 4.78 is 0. The first-order chi connectivity index (χ1) is 6.16. The summed E-state index contributed by atoms with van der Waals surface area (Å²) in [4.78, 5) is 13.5. The Morgan fingerprint density at radius 2 is 2.38 bits per heavy atom. The number of aromatic nitrogens is 1. The van der Waals surface area contributed by atoms with Gasteiger partial charge in [-0.25, -0.2) is 4.98 Å². The Balaban J connectivity index is 3.17. The lowest BCUT2D eigenvalue weighted by Gasteiger charge is -2.01. The van der Waals surface area contributed by atoms with Crippen LogP contribution < -0.4 is 5.73 Å². The van der Waals surface area contributed by atoms with Gasteiger partial charge in [-0.2, -0.15) is 0 Å². The van der Waals surface area contributed by atoms with Crippen LogP contribution in [0.5, 0.6) is 0 Å². The Kier molecular flexibility index (Phi) is 2.76. The number of hydrogen-bond donors (Lipinski definition) is 2. The van der Waals surface area contributed by atoms with E-state index in [0.717, 1.165) is 0 Å². The molecule has 1 aromatic rings. The van der Waals surface area contributed by atoms with Gasteiger partial charge in [-0.1, -0.05) is 0 Å². The van der Waals surface area contributed by atoms with Gasteiger partial charge in [0.15, 0.2) is 0 Å². The lowest BCUT2D eigenvalue weighted by molar-refractivity contribution is -0.384. The number of aliphatic hydroxyl groups excluding tert-OH is 1. The van der Waals surface area contributed by atoms with Crippen LogP contribution in [0.25, 0.3) is 0 Å². The van der Waals surface area contributed by atoms with E-state index < -0.39 is 4.92 Å². The summed E-state index contributed by atoms with van der Waals surface area (Å²) in [6.07, 6.45) is 1.59. The number of hydrogen-bond acceptors (Lipinski definition) is 5. The maximum absolute atomic E-state index is 10.5. The van der Waals surface area contributed by atoms with Gasteiger partial charge in [0.2, 0.25) is 5.82 Å². The number of pyridine rings is 1. The minimum absolute atomic E-state index is 0.115. The van der Waals surface area contributed by atoms with Crippen LogP contribution in [-0.2, 0) is 6.42 Å². The van der Waals surface area contributed by atoms with E-state index in [1.807, 2.05) is 0 Å². The van der Waals surface area contributed by atoms with Crippen molar-refractivity contribution in [1.82, 2.24) is 4.98 Å². The van der Waals surface area contributed by atoms with E-state index in [2.05, 4.69) is 4.98 Å². The third kappa shape index (κ3) is 1.91. The highest BCUT2D eigenvalue weighted by Crippen LogP contribution is 2.23. The predicted octanol–water partition coefficient (Wildman–Crippen LogP) is 0.107. The molecule has 0 saturated carbocycles. The number of nitro groups is 1. The number of aliphatic hydroxyl groups is 1. The molecule has 0 fully saturated rings. The molecule has 1 rings (SSSR count).